The SMILES string of the molecule is C=COC(C)N1C(=O)N(C(C)OC=C)C(Cc2ccccc2)C(O)C(O)C1Cc1ccccc1. The molecule has 1 fully saturated rings. The number of carbonyl (C=O) groups is 1. The van der Waals surface area contributed by atoms with Crippen molar-refractivity contribution >= 4 is 6.03 Å². The van der Waals surface area contributed by atoms with E-state index in [1.54, 1.807) is 13.8 Å². The minimum Gasteiger partial charge on any atom is -0.479 e. The Balaban J connectivity index is 2.09. The highest BCUT2D eigenvalue weighted by atomic mass is 16.5. The maximum Gasteiger partial charge on any atom is 0.326 e. The minimum atomic E-state index is -1.24. The molecule has 6 unspecified atom stereocenters. The van der Waals surface area contributed by atoms with Crippen molar-refractivity contribution in [2.75, 3.05) is 0 Å². The van der Waals surface area contributed by atoms with Crippen LogP contribution in [0.5, 0.6) is 0 Å². The van der Waals surface area contributed by atoms with Crippen molar-refractivity contribution in [1.82, 2.24) is 9.80 Å². The zero-order chi connectivity index (χ0) is 24.7. The van der Waals surface area contributed by atoms with Gasteiger partial charge in [0.25, 0.3) is 0 Å². The monoisotopic (exact) mass is 466 g/mol. The Labute approximate surface area is 201 Å². The van der Waals surface area contributed by atoms with Gasteiger partial charge in [-0.2, -0.15) is 0 Å². The maximum absolute atomic E-state index is 14.1. The number of urea groups is 1. The van der Waals surface area contributed by atoms with Crippen LogP contribution < -0.4 is 0 Å². The van der Waals surface area contributed by atoms with Crippen LogP contribution in [0.25, 0.3) is 0 Å². The smallest absolute Gasteiger partial charge is 0.326 e. The molecule has 3 rings (SSSR count). The van der Waals surface area contributed by atoms with Crippen molar-refractivity contribution in [3.8, 4) is 0 Å². The average Bonchev–Trinajstić information content (AvgIpc) is 2.90. The molecule has 0 aliphatic carbocycles. The molecule has 7 heteroatoms. The fourth-order valence-corrected chi connectivity index (χ4v) is 4.61. The zero-order valence-electron chi connectivity index (χ0n) is 19.7. The molecule has 182 valence electrons. The first-order valence-corrected chi connectivity index (χ1v) is 11.5. The number of aliphatic hydroxyl groups is 2. The Morgan fingerprint density at radius 2 is 1.15 bits per heavy atom. The van der Waals surface area contributed by atoms with Crippen LogP contribution in [0, 0.1) is 0 Å². The first kappa shape index (κ1) is 25.3. The van der Waals surface area contributed by atoms with Gasteiger partial charge < -0.3 is 19.7 Å². The summed E-state index contributed by atoms with van der Waals surface area (Å²) in [5.74, 6) is 0. The predicted molar refractivity (Wildman–Crippen MR) is 130 cm³/mol. The second-order valence-corrected chi connectivity index (χ2v) is 8.40. The van der Waals surface area contributed by atoms with E-state index in [2.05, 4.69) is 13.2 Å². The summed E-state index contributed by atoms with van der Waals surface area (Å²) in [7, 11) is 0. The van der Waals surface area contributed by atoms with E-state index in [0.717, 1.165) is 11.1 Å². The Hall–Kier alpha value is -3.29. The highest BCUT2D eigenvalue weighted by Crippen LogP contribution is 2.30. The number of ether oxygens (including phenoxy) is 2. The summed E-state index contributed by atoms with van der Waals surface area (Å²) in [4.78, 5) is 17.0. The molecule has 1 aliphatic rings. The first-order valence-electron chi connectivity index (χ1n) is 11.5. The maximum atomic E-state index is 14.1. The molecule has 7 nitrogen and oxygen atoms in total. The highest BCUT2D eigenvalue weighted by Gasteiger charge is 2.49. The molecule has 2 N–H and O–H groups in total. The zero-order valence-corrected chi connectivity index (χ0v) is 19.7. The Morgan fingerprint density at radius 3 is 1.47 bits per heavy atom. The average molecular weight is 467 g/mol. The number of carbonyl (C=O) groups excluding carboxylic acids is 1. The van der Waals surface area contributed by atoms with Crippen molar-refractivity contribution in [3.63, 3.8) is 0 Å². The second-order valence-electron chi connectivity index (χ2n) is 8.40. The molecule has 1 heterocycles. The molecule has 2 amide bonds. The van der Waals surface area contributed by atoms with Gasteiger partial charge in [-0.3, -0.25) is 9.80 Å². The first-order chi connectivity index (χ1) is 16.4. The molecule has 0 saturated carbocycles. The summed E-state index contributed by atoms with van der Waals surface area (Å²) >= 11 is 0. The van der Waals surface area contributed by atoms with Gasteiger partial charge in [-0.25, -0.2) is 4.79 Å². The van der Waals surface area contributed by atoms with Gasteiger partial charge in [0, 0.05) is 0 Å². The van der Waals surface area contributed by atoms with E-state index in [1.807, 2.05) is 60.7 Å². The second kappa shape index (κ2) is 11.7. The number of nitrogens with zero attached hydrogens (tertiary/aromatic N) is 2. The third-order valence-corrected chi connectivity index (χ3v) is 6.24. The van der Waals surface area contributed by atoms with Crippen LogP contribution in [0.15, 0.2) is 86.3 Å². The van der Waals surface area contributed by atoms with Crippen molar-refractivity contribution in [2.45, 2.75) is 63.4 Å². The van der Waals surface area contributed by atoms with Crippen molar-refractivity contribution < 1.29 is 24.5 Å². The standard InChI is InChI=1S/C27H34N2O5/c1-5-33-19(3)28-23(17-21-13-9-7-10-14-21)25(30)26(31)24(18-22-15-11-8-12-16-22)29(27(28)32)20(4)34-6-2/h5-16,19-20,23-26,30-31H,1-2,17-18H2,3-4H3. The molecule has 2 aromatic carbocycles. The summed E-state index contributed by atoms with van der Waals surface area (Å²) in [5.41, 5.74) is 1.84. The Kier molecular flexibility index (Phi) is 8.73. The van der Waals surface area contributed by atoms with Gasteiger partial charge >= 0.3 is 6.03 Å². The third kappa shape index (κ3) is 5.61. The molecule has 0 aromatic heterocycles. The van der Waals surface area contributed by atoms with E-state index in [4.69, 9.17) is 9.47 Å². The van der Waals surface area contributed by atoms with E-state index < -0.39 is 42.8 Å². The summed E-state index contributed by atoms with van der Waals surface area (Å²) < 4.78 is 11.2. The number of hydrogen-bond acceptors (Lipinski definition) is 5. The summed E-state index contributed by atoms with van der Waals surface area (Å²) in [5, 5.41) is 22.9. The lowest BCUT2D eigenvalue weighted by Crippen LogP contribution is -2.57. The third-order valence-electron chi connectivity index (χ3n) is 6.24. The van der Waals surface area contributed by atoms with Gasteiger partial charge in [-0.15, -0.1) is 0 Å². The summed E-state index contributed by atoms with van der Waals surface area (Å²) in [6, 6.07) is 17.2. The predicted octanol–water partition coefficient (Wildman–Crippen LogP) is 3.68. The fourth-order valence-electron chi connectivity index (χ4n) is 4.61. The molecule has 0 spiro atoms. The molecule has 6 atom stereocenters. The van der Waals surface area contributed by atoms with Crippen molar-refractivity contribution in [2.24, 2.45) is 0 Å². The number of hydrogen-bond donors (Lipinski definition) is 2. The van der Waals surface area contributed by atoms with Crippen LogP contribution in [-0.2, 0) is 22.3 Å². The molecule has 2 aromatic rings. The molecule has 0 radical (unpaired) electrons. The van der Waals surface area contributed by atoms with Crippen LogP contribution in [0.3, 0.4) is 0 Å². The fraction of sp³-hybridized carbons (Fsp3) is 0.370. The van der Waals surface area contributed by atoms with Crippen LogP contribution in [0.2, 0.25) is 0 Å². The molecule has 34 heavy (non-hydrogen) atoms. The number of aliphatic hydroxyl groups excluding tert-OH is 2. The van der Waals surface area contributed by atoms with Gasteiger partial charge in [0.15, 0.2) is 12.5 Å². The normalized spacial score (nSPS) is 24.6. The van der Waals surface area contributed by atoms with Crippen LogP contribution >= 0.6 is 0 Å². The summed E-state index contributed by atoms with van der Waals surface area (Å²) in [6.45, 7) is 10.7. The Morgan fingerprint density at radius 1 is 0.794 bits per heavy atom. The van der Waals surface area contributed by atoms with Crippen LogP contribution in [-0.4, -0.2) is 62.8 Å². The van der Waals surface area contributed by atoms with Crippen molar-refractivity contribution in [3.05, 3.63) is 97.5 Å². The Bertz CT molecular complexity index is 863. The summed E-state index contributed by atoms with van der Waals surface area (Å²) in [6.07, 6.45) is -0.772. The molecule has 0 bridgehead atoms. The number of amides is 2. The highest BCUT2D eigenvalue weighted by molar-refractivity contribution is 5.76. The van der Waals surface area contributed by atoms with Gasteiger partial charge in [0.05, 0.1) is 24.6 Å². The molecular weight excluding hydrogens is 432 g/mol. The lowest BCUT2D eigenvalue weighted by molar-refractivity contribution is -0.0702. The number of benzene rings is 2. The van der Waals surface area contributed by atoms with Crippen LogP contribution in [0.4, 0.5) is 4.79 Å². The van der Waals surface area contributed by atoms with Gasteiger partial charge in [0.2, 0.25) is 0 Å². The topological polar surface area (TPSA) is 82.5 Å². The lowest BCUT2D eigenvalue weighted by Gasteiger charge is -2.40. The largest absolute Gasteiger partial charge is 0.479 e. The lowest BCUT2D eigenvalue weighted by atomic mass is 9.91. The number of rotatable bonds is 10. The van der Waals surface area contributed by atoms with E-state index in [-0.39, 0.29) is 0 Å². The van der Waals surface area contributed by atoms with E-state index >= 15 is 0 Å². The van der Waals surface area contributed by atoms with Gasteiger partial charge in [0.1, 0.15) is 12.2 Å². The van der Waals surface area contributed by atoms with E-state index in [1.165, 1.54) is 22.3 Å². The van der Waals surface area contributed by atoms with E-state index in [9.17, 15) is 15.0 Å². The molecule has 1 aliphatic heterocycles. The van der Waals surface area contributed by atoms with Gasteiger partial charge in [-0.05, 0) is 37.8 Å². The molecular formula is C27H34N2O5. The van der Waals surface area contributed by atoms with Gasteiger partial charge in [-0.1, -0.05) is 73.8 Å². The van der Waals surface area contributed by atoms with Crippen molar-refractivity contribution in [1.29, 1.82) is 0 Å². The van der Waals surface area contributed by atoms with Crippen LogP contribution in [0.1, 0.15) is 25.0 Å². The quantitative estimate of drug-likeness (QED) is 0.522. The minimum absolute atomic E-state index is 0.332. The van der Waals surface area contributed by atoms with E-state index in [0.29, 0.717) is 12.8 Å². The molecule has 1 saturated heterocycles.